The zero-order valence-electron chi connectivity index (χ0n) is 26.7. The summed E-state index contributed by atoms with van der Waals surface area (Å²) in [5, 5.41) is 0. The molecule has 2 fully saturated rings. The van der Waals surface area contributed by atoms with Crippen molar-refractivity contribution in [2.75, 3.05) is 0 Å². The van der Waals surface area contributed by atoms with Crippen molar-refractivity contribution in [2.24, 2.45) is 22.7 Å². The van der Waals surface area contributed by atoms with E-state index in [0.717, 1.165) is 38.2 Å². The van der Waals surface area contributed by atoms with Crippen LogP contribution >= 0.6 is 0 Å². The second kappa shape index (κ2) is 12.0. The van der Waals surface area contributed by atoms with Gasteiger partial charge < -0.3 is 8.85 Å². The van der Waals surface area contributed by atoms with E-state index in [0.29, 0.717) is 19.3 Å². The van der Waals surface area contributed by atoms with Gasteiger partial charge in [-0.25, -0.2) is 0 Å². The lowest BCUT2D eigenvalue weighted by atomic mass is 9.56. The summed E-state index contributed by atoms with van der Waals surface area (Å²) in [6.45, 7) is 18.5. The minimum absolute atomic E-state index is 0.000922. The van der Waals surface area contributed by atoms with Crippen LogP contribution in [0.25, 0.3) is 0 Å². The molecule has 0 aliphatic heterocycles. The first-order chi connectivity index (χ1) is 18.2. The van der Waals surface area contributed by atoms with Crippen molar-refractivity contribution in [1.82, 2.24) is 0 Å². The van der Waals surface area contributed by atoms with E-state index in [1.165, 1.54) is 19.6 Å². The summed E-state index contributed by atoms with van der Waals surface area (Å²) in [6, 6.07) is 0. The summed E-state index contributed by atoms with van der Waals surface area (Å²) < 4.78 is 96.4. The van der Waals surface area contributed by atoms with Gasteiger partial charge in [0, 0.05) is 12.3 Å². The van der Waals surface area contributed by atoms with Gasteiger partial charge >= 0.3 is 12.4 Å². The molecule has 0 spiro atoms. The number of hydrogen-bond donors (Lipinski definition) is 0. The number of carbonyl (C=O) groups is 1. The van der Waals surface area contributed by atoms with Gasteiger partial charge in [0.15, 0.2) is 16.6 Å². The van der Waals surface area contributed by atoms with Crippen LogP contribution in [0.3, 0.4) is 0 Å². The third-order valence-electron chi connectivity index (χ3n) is 9.06. The average Bonchev–Trinajstić information content (AvgIpc) is 3.07. The van der Waals surface area contributed by atoms with Gasteiger partial charge in [-0.2, -0.15) is 26.3 Å². The highest BCUT2D eigenvalue weighted by Crippen LogP contribution is 2.62. The molecule has 41 heavy (non-hydrogen) atoms. The third kappa shape index (κ3) is 8.72. The fraction of sp³-hybridized carbons (Fsp3) is 0.900. The molecule has 4 atom stereocenters. The lowest BCUT2D eigenvalue weighted by molar-refractivity contribution is -0.340. The number of hydrogen-bond acceptors (Lipinski definition) is 3. The second-order valence-electron chi connectivity index (χ2n) is 15.5. The number of carbonyl (C=O) groups excluding carboxylic acids is 1. The van der Waals surface area contributed by atoms with Gasteiger partial charge in [-0.3, -0.25) is 4.79 Å². The molecule has 0 aromatic heterocycles. The summed E-state index contributed by atoms with van der Waals surface area (Å²) in [4.78, 5) is 12.8. The van der Waals surface area contributed by atoms with Gasteiger partial charge in [-0.1, -0.05) is 26.3 Å². The van der Waals surface area contributed by atoms with Crippen LogP contribution in [0, 0.1) is 22.7 Å². The van der Waals surface area contributed by atoms with Crippen LogP contribution in [0.15, 0.2) is 12.2 Å². The molecule has 2 rings (SSSR count). The average molecular weight is 631 g/mol. The summed E-state index contributed by atoms with van der Waals surface area (Å²) in [5.74, 6) is 0.135. The van der Waals surface area contributed by atoms with E-state index < -0.39 is 45.6 Å². The van der Waals surface area contributed by atoms with E-state index in [1.807, 2.05) is 20.8 Å². The molecular weight excluding hydrogens is 578 g/mol. The highest BCUT2D eigenvalue weighted by molar-refractivity contribution is 6.70. The van der Waals surface area contributed by atoms with Crippen molar-refractivity contribution in [2.45, 2.75) is 148 Å². The summed E-state index contributed by atoms with van der Waals surface area (Å²) in [6.07, 6.45) is -4.38. The van der Waals surface area contributed by atoms with Crippen molar-refractivity contribution in [3.8, 4) is 0 Å². The molecule has 2 aliphatic rings. The fourth-order valence-electron chi connectivity index (χ4n) is 7.77. The van der Waals surface area contributed by atoms with Crippen molar-refractivity contribution >= 4 is 22.4 Å². The molecule has 0 amide bonds. The number of Topliss-reactive ketones (excluding diaryl/α,β-unsaturated/α-hetero) is 1. The highest BCUT2D eigenvalue weighted by atomic mass is 28.4. The van der Waals surface area contributed by atoms with Crippen LogP contribution in [-0.2, 0) is 13.6 Å². The van der Waals surface area contributed by atoms with Crippen LogP contribution in [-0.4, -0.2) is 46.0 Å². The van der Waals surface area contributed by atoms with Crippen LogP contribution in [0.2, 0.25) is 39.3 Å². The molecule has 0 bridgehead atoms. The zero-order valence-corrected chi connectivity index (χ0v) is 28.7. The Labute approximate surface area is 245 Å². The van der Waals surface area contributed by atoms with Gasteiger partial charge in [0.2, 0.25) is 0 Å². The maximum absolute atomic E-state index is 14.2. The van der Waals surface area contributed by atoms with Gasteiger partial charge in [0.1, 0.15) is 5.78 Å². The minimum atomic E-state index is -5.67. The number of ketones is 1. The van der Waals surface area contributed by atoms with Crippen LogP contribution in [0.5, 0.6) is 0 Å². The van der Waals surface area contributed by atoms with E-state index >= 15 is 0 Å². The molecule has 2 saturated carbocycles. The van der Waals surface area contributed by atoms with Gasteiger partial charge in [0.25, 0.3) is 5.60 Å². The Morgan fingerprint density at radius 2 is 1.41 bits per heavy atom. The van der Waals surface area contributed by atoms with Crippen molar-refractivity contribution in [3.05, 3.63) is 12.2 Å². The maximum atomic E-state index is 14.2. The molecule has 0 aromatic carbocycles. The van der Waals surface area contributed by atoms with E-state index in [9.17, 15) is 31.1 Å². The number of alkyl halides is 6. The summed E-state index contributed by atoms with van der Waals surface area (Å²) in [7, 11) is -5.10. The Balaban J connectivity index is 2.48. The topological polar surface area (TPSA) is 35.5 Å². The first kappa shape index (κ1) is 36.5. The van der Waals surface area contributed by atoms with Gasteiger partial charge in [-0.15, -0.1) is 0 Å². The number of allylic oxidation sites excluding steroid dienone is 1. The van der Waals surface area contributed by atoms with Crippen molar-refractivity contribution in [3.63, 3.8) is 0 Å². The molecule has 11 heteroatoms. The molecule has 0 radical (unpaired) electrons. The molecule has 2 aliphatic carbocycles. The smallest absolute Gasteiger partial charge is 0.413 e. The first-order valence-electron chi connectivity index (χ1n) is 14.9. The summed E-state index contributed by atoms with van der Waals surface area (Å²) >= 11 is 0. The Bertz CT molecular complexity index is 934. The molecule has 3 nitrogen and oxygen atoms in total. The van der Waals surface area contributed by atoms with Crippen LogP contribution in [0.4, 0.5) is 26.3 Å². The monoisotopic (exact) mass is 630 g/mol. The van der Waals surface area contributed by atoms with E-state index in [1.54, 1.807) is 0 Å². The predicted octanol–water partition coefficient (Wildman–Crippen LogP) is 10.2. The minimum Gasteiger partial charge on any atom is -0.413 e. The molecule has 240 valence electrons. The maximum Gasteiger partial charge on any atom is 0.429 e. The van der Waals surface area contributed by atoms with Crippen LogP contribution < -0.4 is 0 Å². The lowest BCUT2D eigenvalue weighted by Crippen LogP contribution is -2.61. The van der Waals surface area contributed by atoms with Gasteiger partial charge in [0.05, 0.1) is 5.60 Å². The largest absolute Gasteiger partial charge is 0.429 e. The Morgan fingerprint density at radius 3 is 1.90 bits per heavy atom. The van der Waals surface area contributed by atoms with Crippen molar-refractivity contribution in [1.29, 1.82) is 0 Å². The number of fused-ring (bicyclic) bond motifs is 1. The SMILES string of the molecule is CC(C)(CCC[C@](C)(C/C=C\C(O[Si](C)(C)C)(C(F)(F)F)C(F)(F)F)[C@H]1CCC2C(=O)CCC[C@@]21C)O[Si](C)(C)C. The number of halogens is 6. The first-order valence-corrected chi connectivity index (χ1v) is 21.7. The number of rotatable bonds is 12. The van der Waals surface area contributed by atoms with Crippen molar-refractivity contribution < 1.29 is 40.0 Å². The standard InChI is InChI=1S/C30H52F6O3Si2/c1-25(2,38-40(5,6)7)17-12-18-26(3,24-16-15-22-23(37)14-11-20-27(22,24)4)19-13-21-28(29(31,32)33,30(34,35)36)39-41(8,9)10/h13,21-22,24H,11-12,14-20H2,1-10H3/b21-13-/t22?,24-,26-,27+/m1/s1. The predicted molar refractivity (Wildman–Crippen MR) is 157 cm³/mol. The fourth-order valence-corrected chi connectivity index (χ4v) is 10.8. The Hall–Kier alpha value is -0.656. The molecule has 1 unspecified atom stereocenters. The van der Waals surface area contributed by atoms with Crippen LogP contribution in [0.1, 0.15) is 85.5 Å². The normalized spacial score (nSPS) is 26.9. The lowest BCUT2D eigenvalue weighted by Gasteiger charge is -2.48. The molecule has 0 heterocycles. The zero-order chi connectivity index (χ0) is 31.9. The molecule has 0 aromatic rings. The third-order valence-corrected chi connectivity index (χ3v) is 11.2. The van der Waals surface area contributed by atoms with E-state index in [2.05, 4.69) is 26.6 Å². The molecule has 0 saturated heterocycles. The quantitative estimate of drug-likeness (QED) is 0.122. The Kier molecular flexibility index (Phi) is 10.7. The highest BCUT2D eigenvalue weighted by Gasteiger charge is 2.71. The second-order valence-corrected chi connectivity index (χ2v) is 24.4. The molecular formula is C30H52F6O3Si2. The Morgan fingerprint density at radius 1 is 0.878 bits per heavy atom. The van der Waals surface area contributed by atoms with Gasteiger partial charge in [-0.05, 0) is 121 Å². The molecule has 0 N–H and O–H groups in total. The summed E-state index contributed by atoms with van der Waals surface area (Å²) in [5.41, 5.74) is -5.67. The van der Waals surface area contributed by atoms with E-state index in [-0.39, 0.29) is 35.5 Å². The van der Waals surface area contributed by atoms with E-state index in [4.69, 9.17) is 8.85 Å².